The maximum Gasteiger partial charge on any atom is 0.417 e. The summed E-state index contributed by atoms with van der Waals surface area (Å²) in [6.07, 6.45) is -2.88. The fraction of sp³-hybridized carbons (Fsp3) is 0.600. The third-order valence-corrected chi connectivity index (χ3v) is 4.17. The third-order valence-electron chi connectivity index (χ3n) is 3.89. The van der Waals surface area contributed by atoms with E-state index in [2.05, 4.69) is 4.98 Å². The van der Waals surface area contributed by atoms with Gasteiger partial charge in [-0.1, -0.05) is 11.6 Å². The predicted molar refractivity (Wildman–Crippen MR) is 86.2 cm³/mol. The summed E-state index contributed by atoms with van der Waals surface area (Å²) in [6, 6.07) is 0.905. The lowest BCUT2D eigenvalue weighted by molar-refractivity contribution is -0.137. The highest BCUT2D eigenvalue weighted by Crippen LogP contribution is 2.33. The standard InChI is InChI=1S/C15H20ClF3N4O/c1-21(2)13(24)10-22-4-3-5-23(7-6-22)14-12(16)8-11(9-20-14)15(17,18)19/h8-9H,3-7,10H2,1-2H3. The molecule has 0 unspecified atom stereocenters. The van der Waals surface area contributed by atoms with E-state index in [1.807, 2.05) is 9.80 Å². The minimum atomic E-state index is -4.46. The monoisotopic (exact) mass is 364 g/mol. The maximum atomic E-state index is 12.7. The van der Waals surface area contributed by atoms with E-state index in [4.69, 9.17) is 11.6 Å². The summed E-state index contributed by atoms with van der Waals surface area (Å²) in [4.78, 5) is 21.1. The molecule has 0 aromatic carbocycles. The first-order valence-corrected chi connectivity index (χ1v) is 7.96. The van der Waals surface area contributed by atoms with Gasteiger partial charge in [0.25, 0.3) is 0 Å². The number of carbonyl (C=O) groups is 1. The second kappa shape index (κ2) is 7.57. The van der Waals surface area contributed by atoms with Crippen molar-refractivity contribution in [3.63, 3.8) is 0 Å². The average Bonchev–Trinajstić information content (AvgIpc) is 2.71. The quantitative estimate of drug-likeness (QED) is 0.825. The van der Waals surface area contributed by atoms with Crippen LogP contribution in [-0.4, -0.2) is 67.5 Å². The van der Waals surface area contributed by atoms with Crippen molar-refractivity contribution < 1.29 is 18.0 Å². The van der Waals surface area contributed by atoms with Crippen molar-refractivity contribution in [3.8, 4) is 0 Å². The minimum absolute atomic E-state index is 0.0114. The summed E-state index contributed by atoms with van der Waals surface area (Å²) < 4.78 is 38.1. The summed E-state index contributed by atoms with van der Waals surface area (Å²) in [6.45, 7) is 2.88. The van der Waals surface area contributed by atoms with E-state index in [0.717, 1.165) is 25.2 Å². The molecule has 1 aromatic heterocycles. The van der Waals surface area contributed by atoms with Crippen LogP contribution in [0.4, 0.5) is 19.0 Å². The molecular formula is C15H20ClF3N4O. The van der Waals surface area contributed by atoms with Crippen molar-refractivity contribution in [2.45, 2.75) is 12.6 Å². The highest BCUT2D eigenvalue weighted by molar-refractivity contribution is 6.33. The van der Waals surface area contributed by atoms with Crippen LogP contribution in [0.15, 0.2) is 12.3 Å². The molecule has 0 radical (unpaired) electrons. The Morgan fingerprint density at radius 3 is 2.58 bits per heavy atom. The van der Waals surface area contributed by atoms with Crippen LogP contribution in [0, 0.1) is 0 Å². The number of likely N-dealkylation sites (N-methyl/N-ethyl adjacent to an activating group) is 1. The molecule has 1 fully saturated rings. The molecule has 1 saturated heterocycles. The number of hydrogen-bond acceptors (Lipinski definition) is 4. The number of rotatable bonds is 3. The lowest BCUT2D eigenvalue weighted by atomic mass is 10.2. The number of amides is 1. The van der Waals surface area contributed by atoms with E-state index in [1.165, 1.54) is 4.90 Å². The Balaban J connectivity index is 2.05. The molecule has 24 heavy (non-hydrogen) atoms. The third kappa shape index (κ3) is 4.73. The first-order chi connectivity index (χ1) is 11.2. The molecule has 0 N–H and O–H groups in total. The highest BCUT2D eigenvalue weighted by atomic mass is 35.5. The molecule has 9 heteroatoms. The SMILES string of the molecule is CN(C)C(=O)CN1CCCN(c2ncc(C(F)(F)F)cc2Cl)CC1. The molecule has 1 amide bonds. The van der Waals surface area contributed by atoms with E-state index in [-0.39, 0.29) is 10.9 Å². The van der Waals surface area contributed by atoms with Crippen molar-refractivity contribution >= 4 is 23.3 Å². The van der Waals surface area contributed by atoms with Crippen molar-refractivity contribution in [3.05, 3.63) is 22.8 Å². The van der Waals surface area contributed by atoms with Crippen LogP contribution in [0.1, 0.15) is 12.0 Å². The Hall–Kier alpha value is -1.54. The van der Waals surface area contributed by atoms with Crippen LogP contribution < -0.4 is 4.90 Å². The molecule has 0 saturated carbocycles. The molecule has 1 aliphatic heterocycles. The summed E-state index contributed by atoms with van der Waals surface area (Å²) in [5.74, 6) is 0.375. The van der Waals surface area contributed by atoms with Crippen LogP contribution >= 0.6 is 11.6 Å². The second-order valence-corrected chi connectivity index (χ2v) is 6.34. The van der Waals surface area contributed by atoms with Crippen molar-refractivity contribution in [1.29, 1.82) is 0 Å². The van der Waals surface area contributed by atoms with Gasteiger partial charge in [-0.3, -0.25) is 9.69 Å². The van der Waals surface area contributed by atoms with Crippen LogP contribution in [0.3, 0.4) is 0 Å². The number of carbonyl (C=O) groups excluding carboxylic acids is 1. The summed E-state index contributed by atoms with van der Waals surface area (Å²) in [5, 5.41) is -0.0114. The zero-order valence-electron chi connectivity index (χ0n) is 13.6. The smallest absolute Gasteiger partial charge is 0.354 e. The van der Waals surface area contributed by atoms with Crippen LogP contribution in [0.2, 0.25) is 5.02 Å². The summed E-state index contributed by atoms with van der Waals surface area (Å²) in [7, 11) is 3.41. The van der Waals surface area contributed by atoms with Crippen molar-refractivity contribution in [2.75, 3.05) is 51.7 Å². The normalized spacial score (nSPS) is 16.8. The molecule has 5 nitrogen and oxygen atoms in total. The van der Waals surface area contributed by atoms with Gasteiger partial charge in [-0.2, -0.15) is 13.2 Å². The predicted octanol–water partition coefficient (Wildman–Crippen LogP) is 2.35. The van der Waals surface area contributed by atoms with E-state index < -0.39 is 11.7 Å². The van der Waals surface area contributed by atoms with Crippen LogP contribution in [-0.2, 0) is 11.0 Å². The van der Waals surface area contributed by atoms with E-state index in [0.29, 0.717) is 32.0 Å². The Kier molecular flexibility index (Phi) is 5.92. The zero-order chi connectivity index (χ0) is 17.9. The molecule has 2 heterocycles. The lowest BCUT2D eigenvalue weighted by Gasteiger charge is -2.24. The van der Waals surface area contributed by atoms with Crippen LogP contribution in [0.25, 0.3) is 0 Å². The largest absolute Gasteiger partial charge is 0.417 e. The van der Waals surface area contributed by atoms with Crippen molar-refractivity contribution in [1.82, 2.24) is 14.8 Å². The van der Waals surface area contributed by atoms with E-state index in [1.54, 1.807) is 14.1 Å². The van der Waals surface area contributed by atoms with Gasteiger partial charge in [0.15, 0.2) is 0 Å². The topological polar surface area (TPSA) is 39.7 Å². The minimum Gasteiger partial charge on any atom is -0.354 e. The second-order valence-electron chi connectivity index (χ2n) is 5.93. The molecule has 134 valence electrons. The van der Waals surface area contributed by atoms with E-state index in [9.17, 15) is 18.0 Å². The zero-order valence-corrected chi connectivity index (χ0v) is 14.4. The molecule has 0 aliphatic carbocycles. The number of hydrogen-bond donors (Lipinski definition) is 0. The number of halogens is 4. The maximum absolute atomic E-state index is 12.7. The van der Waals surface area contributed by atoms with Gasteiger partial charge in [0.2, 0.25) is 5.91 Å². The first kappa shape index (κ1) is 18.8. The number of nitrogens with zero attached hydrogens (tertiary/aromatic N) is 4. The first-order valence-electron chi connectivity index (χ1n) is 7.58. The lowest BCUT2D eigenvalue weighted by Crippen LogP contribution is -2.38. The van der Waals surface area contributed by atoms with Gasteiger partial charge in [0.05, 0.1) is 17.1 Å². The molecule has 1 aromatic rings. The Bertz CT molecular complexity index is 595. The highest BCUT2D eigenvalue weighted by Gasteiger charge is 2.32. The molecule has 2 rings (SSSR count). The Morgan fingerprint density at radius 1 is 1.29 bits per heavy atom. The fourth-order valence-corrected chi connectivity index (χ4v) is 2.78. The molecular weight excluding hydrogens is 345 g/mol. The number of aromatic nitrogens is 1. The average molecular weight is 365 g/mol. The van der Waals surface area contributed by atoms with Gasteiger partial charge >= 0.3 is 6.18 Å². The summed E-state index contributed by atoms with van der Waals surface area (Å²) in [5.41, 5.74) is -0.857. The van der Waals surface area contributed by atoms with Gasteiger partial charge in [0, 0.05) is 46.5 Å². The number of alkyl halides is 3. The van der Waals surface area contributed by atoms with Crippen LogP contribution in [0.5, 0.6) is 0 Å². The molecule has 0 bridgehead atoms. The van der Waals surface area contributed by atoms with Crippen molar-refractivity contribution in [2.24, 2.45) is 0 Å². The summed E-state index contributed by atoms with van der Waals surface area (Å²) >= 11 is 6.01. The van der Waals surface area contributed by atoms with Gasteiger partial charge in [-0.25, -0.2) is 4.98 Å². The Morgan fingerprint density at radius 2 is 2.00 bits per heavy atom. The molecule has 0 spiro atoms. The molecule has 0 atom stereocenters. The fourth-order valence-electron chi connectivity index (χ4n) is 2.49. The van der Waals surface area contributed by atoms with Gasteiger partial charge < -0.3 is 9.80 Å². The van der Waals surface area contributed by atoms with E-state index >= 15 is 0 Å². The molecule has 1 aliphatic rings. The number of anilines is 1. The Labute approximate surface area is 144 Å². The van der Waals surface area contributed by atoms with Gasteiger partial charge in [-0.05, 0) is 12.5 Å². The number of pyridine rings is 1. The van der Waals surface area contributed by atoms with Gasteiger partial charge in [0.1, 0.15) is 5.82 Å². The van der Waals surface area contributed by atoms with Gasteiger partial charge in [-0.15, -0.1) is 0 Å².